The Hall–Kier alpha value is -1.48. The molecule has 1 aromatic carbocycles. The Bertz CT molecular complexity index is 831. The number of hydrogen-bond acceptors (Lipinski definition) is 5. The summed E-state index contributed by atoms with van der Waals surface area (Å²) in [5.41, 5.74) is 0. The molecule has 0 bridgehead atoms. The standard InChI is InChI=1S/C15H20FNO5S2/c1-10(2)23(19,20)14-8-17(11(3)18)9-15(14)24(21,22)13-6-4-12(16)5-7-13/h4-7,10,14-15H,8-9H2,1-3H3/t14-,15-/m1/s1. The third-order valence-corrected chi connectivity index (χ3v) is 9.29. The summed E-state index contributed by atoms with van der Waals surface area (Å²) in [6.07, 6.45) is 0. The van der Waals surface area contributed by atoms with Crippen LogP contribution in [0.2, 0.25) is 0 Å². The van der Waals surface area contributed by atoms with Crippen LogP contribution in [0, 0.1) is 5.82 Å². The predicted octanol–water partition coefficient (Wildman–Crippen LogP) is 1.02. The molecule has 1 aliphatic heterocycles. The van der Waals surface area contributed by atoms with Gasteiger partial charge in [0, 0.05) is 20.0 Å². The molecule has 1 aliphatic rings. The van der Waals surface area contributed by atoms with Gasteiger partial charge in [-0.25, -0.2) is 21.2 Å². The van der Waals surface area contributed by atoms with Crippen LogP contribution in [0.1, 0.15) is 20.8 Å². The first-order chi connectivity index (χ1) is 11.0. The average molecular weight is 377 g/mol. The summed E-state index contributed by atoms with van der Waals surface area (Å²) in [6, 6.07) is 4.24. The number of rotatable bonds is 4. The second kappa shape index (κ2) is 6.44. The van der Waals surface area contributed by atoms with Crippen LogP contribution in [0.25, 0.3) is 0 Å². The van der Waals surface area contributed by atoms with Crippen LogP contribution < -0.4 is 0 Å². The van der Waals surface area contributed by atoms with Crippen molar-refractivity contribution in [2.75, 3.05) is 13.1 Å². The van der Waals surface area contributed by atoms with Crippen molar-refractivity contribution in [1.29, 1.82) is 0 Å². The maximum Gasteiger partial charge on any atom is 0.219 e. The van der Waals surface area contributed by atoms with Crippen molar-refractivity contribution in [3.05, 3.63) is 30.1 Å². The number of amides is 1. The van der Waals surface area contributed by atoms with Crippen LogP contribution in [0.3, 0.4) is 0 Å². The van der Waals surface area contributed by atoms with E-state index in [1.807, 2.05) is 0 Å². The lowest BCUT2D eigenvalue weighted by Gasteiger charge is -2.21. The summed E-state index contributed by atoms with van der Waals surface area (Å²) < 4.78 is 63.9. The summed E-state index contributed by atoms with van der Waals surface area (Å²) >= 11 is 0. The lowest BCUT2D eigenvalue weighted by molar-refractivity contribution is -0.127. The molecule has 1 fully saturated rings. The summed E-state index contributed by atoms with van der Waals surface area (Å²) in [6.45, 7) is 3.89. The SMILES string of the molecule is CC(=O)N1C[C@@H](S(=O)(=O)c2ccc(F)cc2)[C@H](S(=O)(=O)C(C)C)C1. The van der Waals surface area contributed by atoms with Gasteiger partial charge in [-0.15, -0.1) is 0 Å². The normalized spacial score (nSPS) is 22.1. The number of halogens is 1. The minimum atomic E-state index is -4.03. The molecule has 1 heterocycles. The summed E-state index contributed by atoms with van der Waals surface area (Å²) in [5, 5.41) is -3.23. The van der Waals surface area contributed by atoms with Crippen LogP contribution in [-0.4, -0.2) is 56.5 Å². The van der Waals surface area contributed by atoms with Gasteiger partial charge in [0.25, 0.3) is 0 Å². The molecule has 0 N–H and O–H groups in total. The Balaban J connectivity index is 2.51. The molecular weight excluding hydrogens is 357 g/mol. The number of carbonyl (C=O) groups is 1. The van der Waals surface area contributed by atoms with E-state index in [2.05, 4.69) is 0 Å². The lowest BCUT2D eigenvalue weighted by atomic mass is 10.3. The molecule has 0 radical (unpaired) electrons. The Labute approximate surface area is 141 Å². The fraction of sp³-hybridized carbons (Fsp3) is 0.533. The fourth-order valence-corrected chi connectivity index (χ4v) is 6.99. The summed E-state index contributed by atoms with van der Waals surface area (Å²) in [5.74, 6) is -0.965. The molecule has 2 rings (SSSR count). The van der Waals surface area contributed by atoms with Crippen LogP contribution in [0.5, 0.6) is 0 Å². The largest absolute Gasteiger partial charge is 0.340 e. The van der Waals surface area contributed by atoms with Crippen molar-refractivity contribution in [3.8, 4) is 0 Å². The highest BCUT2D eigenvalue weighted by Gasteiger charge is 2.49. The van der Waals surface area contributed by atoms with E-state index in [-0.39, 0.29) is 23.9 Å². The Morgan fingerprint density at radius 1 is 1.08 bits per heavy atom. The van der Waals surface area contributed by atoms with Gasteiger partial charge in [0.15, 0.2) is 19.7 Å². The molecule has 0 aliphatic carbocycles. The summed E-state index contributed by atoms with van der Waals surface area (Å²) in [4.78, 5) is 12.7. The van der Waals surface area contributed by atoms with E-state index in [9.17, 15) is 26.0 Å². The van der Waals surface area contributed by atoms with E-state index in [0.29, 0.717) is 0 Å². The third-order valence-electron chi connectivity index (χ3n) is 4.28. The van der Waals surface area contributed by atoms with Crippen molar-refractivity contribution in [3.63, 3.8) is 0 Å². The van der Waals surface area contributed by atoms with Crippen LogP contribution in [0.15, 0.2) is 29.2 Å². The Morgan fingerprint density at radius 3 is 2.04 bits per heavy atom. The topological polar surface area (TPSA) is 88.6 Å². The predicted molar refractivity (Wildman–Crippen MR) is 87.5 cm³/mol. The lowest BCUT2D eigenvalue weighted by Crippen LogP contribution is -2.41. The number of carbonyl (C=O) groups excluding carboxylic acids is 1. The quantitative estimate of drug-likeness (QED) is 0.731. The average Bonchev–Trinajstić information content (AvgIpc) is 2.94. The number of benzene rings is 1. The molecule has 1 amide bonds. The molecule has 24 heavy (non-hydrogen) atoms. The molecular formula is C15H20FNO5S2. The van der Waals surface area contributed by atoms with Crippen molar-refractivity contribution < 1.29 is 26.0 Å². The molecule has 134 valence electrons. The highest BCUT2D eigenvalue weighted by Crippen LogP contribution is 2.30. The second-order valence-corrected chi connectivity index (χ2v) is 11.0. The number of nitrogens with zero attached hydrogens (tertiary/aromatic N) is 1. The van der Waals surface area contributed by atoms with Crippen molar-refractivity contribution in [2.24, 2.45) is 0 Å². The smallest absolute Gasteiger partial charge is 0.219 e. The fourth-order valence-electron chi connectivity index (χ4n) is 2.76. The van der Waals surface area contributed by atoms with E-state index in [0.717, 1.165) is 24.3 Å². The first-order valence-corrected chi connectivity index (χ1v) is 10.6. The van der Waals surface area contributed by atoms with Gasteiger partial charge in [-0.2, -0.15) is 0 Å². The second-order valence-electron chi connectivity index (χ2n) is 6.14. The van der Waals surface area contributed by atoms with E-state index >= 15 is 0 Å². The van der Waals surface area contributed by atoms with Gasteiger partial charge in [0.2, 0.25) is 5.91 Å². The van der Waals surface area contributed by atoms with Gasteiger partial charge in [-0.05, 0) is 38.1 Å². The van der Waals surface area contributed by atoms with E-state index < -0.39 is 41.2 Å². The number of likely N-dealkylation sites (tertiary alicyclic amines) is 1. The van der Waals surface area contributed by atoms with Crippen LogP contribution in [-0.2, 0) is 24.5 Å². The molecule has 2 atom stereocenters. The molecule has 9 heteroatoms. The van der Waals surface area contributed by atoms with Gasteiger partial charge >= 0.3 is 0 Å². The maximum atomic E-state index is 13.0. The van der Waals surface area contributed by atoms with Gasteiger partial charge in [0.1, 0.15) is 11.1 Å². The molecule has 0 saturated carbocycles. The molecule has 0 spiro atoms. The first-order valence-electron chi connectivity index (χ1n) is 7.45. The maximum absolute atomic E-state index is 13.0. The molecule has 1 aromatic rings. The van der Waals surface area contributed by atoms with E-state index in [4.69, 9.17) is 0 Å². The zero-order valence-electron chi connectivity index (χ0n) is 13.6. The molecule has 0 aromatic heterocycles. The molecule has 1 saturated heterocycles. The van der Waals surface area contributed by atoms with Crippen LogP contribution in [0.4, 0.5) is 4.39 Å². The van der Waals surface area contributed by atoms with E-state index in [1.165, 1.54) is 25.7 Å². The molecule has 6 nitrogen and oxygen atoms in total. The highest BCUT2D eigenvalue weighted by molar-refractivity contribution is 7.96. The minimum absolute atomic E-state index is 0.150. The Kier molecular flexibility index (Phi) is 5.06. The monoisotopic (exact) mass is 377 g/mol. The van der Waals surface area contributed by atoms with Gasteiger partial charge < -0.3 is 4.90 Å². The summed E-state index contributed by atoms with van der Waals surface area (Å²) in [7, 11) is -7.77. The van der Waals surface area contributed by atoms with E-state index in [1.54, 1.807) is 0 Å². The minimum Gasteiger partial charge on any atom is -0.340 e. The highest BCUT2D eigenvalue weighted by atomic mass is 32.2. The Morgan fingerprint density at radius 2 is 1.58 bits per heavy atom. The van der Waals surface area contributed by atoms with Crippen molar-refractivity contribution in [2.45, 2.75) is 41.4 Å². The van der Waals surface area contributed by atoms with Gasteiger partial charge in [-0.1, -0.05) is 0 Å². The van der Waals surface area contributed by atoms with Gasteiger partial charge in [-0.3, -0.25) is 4.79 Å². The van der Waals surface area contributed by atoms with Gasteiger partial charge in [0.05, 0.1) is 15.4 Å². The first kappa shape index (κ1) is 18.9. The van der Waals surface area contributed by atoms with Crippen molar-refractivity contribution in [1.82, 2.24) is 4.90 Å². The van der Waals surface area contributed by atoms with Crippen LogP contribution >= 0.6 is 0 Å². The zero-order chi connectivity index (χ0) is 18.3. The third kappa shape index (κ3) is 3.32. The van der Waals surface area contributed by atoms with Crippen molar-refractivity contribution >= 4 is 25.6 Å². The molecule has 0 unspecified atom stereocenters. The number of hydrogen-bond donors (Lipinski definition) is 0. The number of sulfone groups is 2. The zero-order valence-corrected chi connectivity index (χ0v) is 15.3.